The van der Waals surface area contributed by atoms with Gasteiger partial charge in [0.1, 0.15) is 5.56 Å². The Bertz CT molecular complexity index is 544. The molecule has 1 aromatic rings. The molecule has 0 radical (unpaired) electrons. The van der Waals surface area contributed by atoms with Crippen molar-refractivity contribution in [2.45, 2.75) is 45.1 Å². The number of hydrogen-bond donors (Lipinski definition) is 2. The Morgan fingerprint density at radius 3 is 2.86 bits per heavy atom. The number of benzene rings is 1. The molecule has 0 bridgehead atoms. The van der Waals surface area contributed by atoms with E-state index in [0.29, 0.717) is 17.6 Å². The van der Waals surface area contributed by atoms with Crippen molar-refractivity contribution in [1.82, 2.24) is 0 Å². The Labute approximate surface area is 123 Å². The van der Waals surface area contributed by atoms with Gasteiger partial charge in [-0.05, 0) is 30.9 Å². The molecule has 21 heavy (non-hydrogen) atoms. The van der Waals surface area contributed by atoms with Crippen LogP contribution >= 0.6 is 0 Å². The second-order valence-electron chi connectivity index (χ2n) is 5.58. The minimum Gasteiger partial charge on any atom is -0.477 e. The Kier molecular flexibility index (Phi) is 4.77. The second kappa shape index (κ2) is 6.56. The fraction of sp³-hybridized carbons (Fsp3) is 0.533. The van der Waals surface area contributed by atoms with Crippen LogP contribution in [0.3, 0.4) is 0 Å². The van der Waals surface area contributed by atoms with Gasteiger partial charge in [-0.2, -0.15) is 0 Å². The van der Waals surface area contributed by atoms with Crippen molar-refractivity contribution in [3.8, 4) is 0 Å². The molecule has 114 valence electrons. The molecule has 2 rings (SSSR count). The first-order valence-electron chi connectivity index (χ1n) is 7.29. The predicted molar refractivity (Wildman–Crippen MR) is 79.7 cm³/mol. The maximum atomic E-state index is 11.0. The summed E-state index contributed by atoms with van der Waals surface area (Å²) in [6.07, 6.45) is 5.66. The third-order valence-electron chi connectivity index (χ3n) is 4.16. The summed E-state index contributed by atoms with van der Waals surface area (Å²) in [5, 5.41) is 23.3. The van der Waals surface area contributed by atoms with Gasteiger partial charge in [0, 0.05) is 17.8 Å². The van der Waals surface area contributed by atoms with Crippen LogP contribution in [0.1, 0.15) is 49.4 Å². The van der Waals surface area contributed by atoms with Gasteiger partial charge in [-0.25, -0.2) is 4.79 Å². The summed E-state index contributed by atoms with van der Waals surface area (Å²) in [7, 11) is 0. The van der Waals surface area contributed by atoms with Crippen LogP contribution in [0, 0.1) is 16.0 Å². The van der Waals surface area contributed by atoms with E-state index in [1.54, 1.807) is 6.07 Å². The van der Waals surface area contributed by atoms with Crippen molar-refractivity contribution in [3.63, 3.8) is 0 Å². The lowest BCUT2D eigenvalue weighted by molar-refractivity contribution is -0.385. The van der Waals surface area contributed by atoms with Gasteiger partial charge < -0.3 is 10.4 Å². The van der Waals surface area contributed by atoms with Gasteiger partial charge in [-0.1, -0.05) is 26.2 Å². The first kappa shape index (κ1) is 15.3. The molecular formula is C15H20N2O4. The number of nitro benzene ring substituents is 1. The fourth-order valence-electron chi connectivity index (χ4n) is 2.98. The van der Waals surface area contributed by atoms with E-state index < -0.39 is 10.9 Å². The van der Waals surface area contributed by atoms with Crippen molar-refractivity contribution >= 4 is 17.3 Å². The van der Waals surface area contributed by atoms with E-state index in [-0.39, 0.29) is 11.3 Å². The van der Waals surface area contributed by atoms with Crippen LogP contribution in [0.5, 0.6) is 0 Å². The molecule has 1 aliphatic carbocycles. The first-order valence-corrected chi connectivity index (χ1v) is 7.29. The highest BCUT2D eigenvalue weighted by molar-refractivity contribution is 5.93. The lowest BCUT2D eigenvalue weighted by atomic mass is 9.84. The van der Waals surface area contributed by atoms with Gasteiger partial charge in [0.05, 0.1) is 4.92 Å². The molecule has 1 aliphatic rings. The minimum absolute atomic E-state index is 0.277. The molecule has 6 nitrogen and oxygen atoms in total. The zero-order valence-electron chi connectivity index (χ0n) is 12.0. The van der Waals surface area contributed by atoms with E-state index in [1.165, 1.54) is 18.6 Å². The van der Waals surface area contributed by atoms with Crippen LogP contribution < -0.4 is 5.32 Å². The standard InChI is InChI=1S/C15H20N2O4/c1-2-10-4-3-5-11(8-10)16-12-6-7-13(15(18)19)14(9-12)17(20)21/h6-7,9-11,16H,2-5,8H2,1H3,(H,18,19). The summed E-state index contributed by atoms with van der Waals surface area (Å²) >= 11 is 0. The average molecular weight is 292 g/mol. The SMILES string of the molecule is CCC1CCCC(Nc2ccc(C(=O)O)c([N+](=O)[O-])c2)C1. The zero-order valence-corrected chi connectivity index (χ0v) is 12.0. The van der Waals surface area contributed by atoms with Crippen LogP contribution in [-0.2, 0) is 0 Å². The molecule has 0 amide bonds. The molecule has 0 aliphatic heterocycles. The van der Waals surface area contributed by atoms with Crippen molar-refractivity contribution < 1.29 is 14.8 Å². The zero-order chi connectivity index (χ0) is 15.4. The third kappa shape index (κ3) is 3.71. The molecular weight excluding hydrogens is 272 g/mol. The van der Waals surface area contributed by atoms with E-state index >= 15 is 0 Å². The molecule has 2 atom stereocenters. The first-order chi connectivity index (χ1) is 10.0. The van der Waals surface area contributed by atoms with E-state index in [2.05, 4.69) is 12.2 Å². The molecule has 6 heteroatoms. The molecule has 2 unspecified atom stereocenters. The fourth-order valence-corrected chi connectivity index (χ4v) is 2.98. The van der Waals surface area contributed by atoms with Gasteiger partial charge >= 0.3 is 5.97 Å². The molecule has 2 N–H and O–H groups in total. The number of rotatable bonds is 5. The topological polar surface area (TPSA) is 92.5 Å². The summed E-state index contributed by atoms with van der Waals surface area (Å²) in [5.74, 6) is -0.582. The number of anilines is 1. The summed E-state index contributed by atoms with van der Waals surface area (Å²) in [5.41, 5.74) is -0.0237. The van der Waals surface area contributed by atoms with Crippen molar-refractivity contribution in [2.75, 3.05) is 5.32 Å². The predicted octanol–water partition coefficient (Wildman–Crippen LogP) is 3.67. The third-order valence-corrected chi connectivity index (χ3v) is 4.16. The van der Waals surface area contributed by atoms with E-state index in [9.17, 15) is 14.9 Å². The van der Waals surface area contributed by atoms with E-state index in [4.69, 9.17) is 5.11 Å². The average Bonchev–Trinajstić information content (AvgIpc) is 2.47. The summed E-state index contributed by atoms with van der Waals surface area (Å²) < 4.78 is 0. The normalized spacial score (nSPS) is 21.8. The Hall–Kier alpha value is -2.11. The highest BCUT2D eigenvalue weighted by atomic mass is 16.6. The molecule has 0 aromatic heterocycles. The molecule has 0 saturated heterocycles. The molecule has 1 aromatic carbocycles. The maximum Gasteiger partial charge on any atom is 0.342 e. The summed E-state index contributed by atoms with van der Waals surface area (Å²) in [6.45, 7) is 2.18. The Balaban J connectivity index is 2.15. The Morgan fingerprint density at radius 2 is 2.24 bits per heavy atom. The maximum absolute atomic E-state index is 11.0. The van der Waals surface area contributed by atoms with Crippen molar-refractivity contribution in [3.05, 3.63) is 33.9 Å². The number of hydrogen-bond acceptors (Lipinski definition) is 4. The monoisotopic (exact) mass is 292 g/mol. The largest absolute Gasteiger partial charge is 0.477 e. The number of nitrogens with zero attached hydrogens (tertiary/aromatic N) is 1. The molecule has 0 heterocycles. The lowest BCUT2D eigenvalue weighted by Gasteiger charge is -2.29. The Morgan fingerprint density at radius 1 is 1.48 bits per heavy atom. The van der Waals surface area contributed by atoms with Crippen LogP contribution in [0.2, 0.25) is 0 Å². The highest BCUT2D eigenvalue weighted by Gasteiger charge is 2.23. The molecule has 1 fully saturated rings. The second-order valence-corrected chi connectivity index (χ2v) is 5.58. The number of carbonyl (C=O) groups is 1. The summed E-state index contributed by atoms with van der Waals surface area (Å²) in [6, 6.07) is 4.52. The number of carboxylic acids is 1. The summed E-state index contributed by atoms with van der Waals surface area (Å²) in [4.78, 5) is 21.3. The minimum atomic E-state index is -1.28. The van der Waals surface area contributed by atoms with Crippen molar-refractivity contribution in [1.29, 1.82) is 0 Å². The van der Waals surface area contributed by atoms with Gasteiger partial charge in [-0.3, -0.25) is 10.1 Å². The van der Waals surface area contributed by atoms with Gasteiger partial charge in [0.15, 0.2) is 0 Å². The highest BCUT2D eigenvalue weighted by Crippen LogP contribution is 2.30. The van der Waals surface area contributed by atoms with Crippen LogP contribution in [-0.4, -0.2) is 22.0 Å². The lowest BCUT2D eigenvalue weighted by Crippen LogP contribution is -2.27. The van der Waals surface area contributed by atoms with E-state index in [1.807, 2.05) is 0 Å². The van der Waals surface area contributed by atoms with Gasteiger partial charge in [-0.15, -0.1) is 0 Å². The molecule has 1 saturated carbocycles. The number of aromatic carboxylic acids is 1. The molecule has 0 spiro atoms. The number of carboxylic acid groups (broad SMARTS) is 1. The quantitative estimate of drug-likeness (QED) is 0.638. The van der Waals surface area contributed by atoms with Crippen molar-refractivity contribution in [2.24, 2.45) is 5.92 Å². The van der Waals surface area contributed by atoms with Crippen LogP contribution in [0.15, 0.2) is 18.2 Å². The van der Waals surface area contributed by atoms with Crippen LogP contribution in [0.25, 0.3) is 0 Å². The number of nitrogens with one attached hydrogen (secondary N) is 1. The van der Waals surface area contributed by atoms with Crippen LogP contribution in [0.4, 0.5) is 11.4 Å². The van der Waals surface area contributed by atoms with E-state index in [0.717, 1.165) is 25.7 Å². The van der Waals surface area contributed by atoms with Gasteiger partial charge in [0.2, 0.25) is 0 Å². The number of nitro groups is 1. The smallest absolute Gasteiger partial charge is 0.342 e. The van der Waals surface area contributed by atoms with Gasteiger partial charge in [0.25, 0.3) is 5.69 Å².